The van der Waals surface area contributed by atoms with E-state index in [9.17, 15) is 9.59 Å². The van der Waals surface area contributed by atoms with E-state index in [1.807, 2.05) is 37.5 Å². The van der Waals surface area contributed by atoms with Crippen LogP contribution in [0.1, 0.15) is 79.9 Å². The van der Waals surface area contributed by atoms with Crippen LogP contribution in [0.25, 0.3) is 27.6 Å². The van der Waals surface area contributed by atoms with Gasteiger partial charge in [-0.25, -0.2) is 14.8 Å². The van der Waals surface area contributed by atoms with Gasteiger partial charge >= 0.3 is 5.69 Å². The molecule has 5 heterocycles. The summed E-state index contributed by atoms with van der Waals surface area (Å²) in [7, 11) is 5.42. The van der Waals surface area contributed by atoms with Crippen molar-refractivity contribution in [2.45, 2.75) is 63.8 Å². The Kier molecular flexibility index (Phi) is 7.57. The van der Waals surface area contributed by atoms with Crippen LogP contribution in [-0.2, 0) is 7.05 Å². The van der Waals surface area contributed by atoms with E-state index in [1.165, 1.54) is 12.0 Å². The van der Waals surface area contributed by atoms with Crippen LogP contribution in [0.4, 0.5) is 17.5 Å². The van der Waals surface area contributed by atoms with Crippen LogP contribution in [0.5, 0.6) is 0 Å². The number of rotatable bonds is 6. The molecule has 3 aliphatic rings. The number of allylic oxidation sites excluding steroid dienone is 2. The van der Waals surface area contributed by atoms with Gasteiger partial charge in [-0.15, -0.1) is 0 Å². The van der Waals surface area contributed by atoms with Crippen molar-refractivity contribution in [2.24, 2.45) is 12.5 Å². The molecule has 248 valence electrons. The maximum atomic E-state index is 13.0. The number of hydrogen-bond acceptors (Lipinski definition) is 7. The predicted molar refractivity (Wildman–Crippen MR) is 190 cm³/mol. The summed E-state index contributed by atoms with van der Waals surface area (Å²) in [6.07, 6.45) is 16.2. The van der Waals surface area contributed by atoms with Crippen molar-refractivity contribution in [1.82, 2.24) is 34.0 Å². The molecule has 0 atom stereocenters. The van der Waals surface area contributed by atoms with Gasteiger partial charge in [0.25, 0.3) is 5.91 Å². The van der Waals surface area contributed by atoms with E-state index in [2.05, 4.69) is 43.0 Å². The number of imidazole rings is 1. The number of aromatic amines is 1. The van der Waals surface area contributed by atoms with Crippen LogP contribution in [0.2, 0.25) is 0 Å². The van der Waals surface area contributed by atoms with Gasteiger partial charge in [0.15, 0.2) is 0 Å². The first-order valence-electron chi connectivity index (χ1n) is 17.2. The van der Waals surface area contributed by atoms with Crippen molar-refractivity contribution >= 4 is 51.0 Å². The third-order valence-corrected chi connectivity index (χ3v) is 11.0. The number of carbonyl (C=O) groups excluding carboxylic acids is 1. The minimum absolute atomic E-state index is 0.0142. The summed E-state index contributed by atoms with van der Waals surface area (Å²) in [5, 5.41) is 4.17. The number of aryl methyl sites for hydroxylation is 1. The highest BCUT2D eigenvalue weighted by atomic mass is 16.2. The molecule has 1 saturated heterocycles. The molecule has 8 rings (SSSR count). The van der Waals surface area contributed by atoms with Crippen molar-refractivity contribution in [3.05, 3.63) is 76.6 Å². The molecule has 2 N–H and O–H groups in total. The molecular weight excluding hydrogens is 602 g/mol. The zero-order valence-electron chi connectivity index (χ0n) is 28.0. The number of benzene rings is 1. The Morgan fingerprint density at radius 2 is 1.85 bits per heavy atom. The van der Waals surface area contributed by atoms with Gasteiger partial charge in [0.2, 0.25) is 5.95 Å². The summed E-state index contributed by atoms with van der Waals surface area (Å²) in [5.74, 6) is 1.15. The molecule has 2 fully saturated rings. The first-order valence-corrected chi connectivity index (χ1v) is 17.2. The normalized spacial score (nSPS) is 18.1. The van der Waals surface area contributed by atoms with Gasteiger partial charge in [-0.2, -0.15) is 4.98 Å². The highest BCUT2D eigenvalue weighted by Gasteiger charge is 2.36. The fourth-order valence-electron chi connectivity index (χ4n) is 8.19. The molecule has 1 aliphatic heterocycles. The lowest BCUT2D eigenvalue weighted by Gasteiger charge is -2.44. The van der Waals surface area contributed by atoms with Crippen LogP contribution < -0.4 is 15.9 Å². The topological polar surface area (TPSA) is 117 Å². The number of hydrogen-bond donors (Lipinski definition) is 2. The van der Waals surface area contributed by atoms with Gasteiger partial charge in [0.05, 0.1) is 16.7 Å². The molecule has 2 aliphatic carbocycles. The van der Waals surface area contributed by atoms with Crippen LogP contribution in [0.15, 0.2) is 59.7 Å². The van der Waals surface area contributed by atoms with Crippen molar-refractivity contribution in [1.29, 1.82) is 0 Å². The first kappa shape index (κ1) is 30.4. The predicted octanol–water partition coefficient (Wildman–Crippen LogP) is 6.42. The standard InChI is InChI=1S/C37H43N9O2/c1-43(2)34(47)30-21-26-23-39-35(42-33(26)46(30)27-7-4-5-8-27)41-31-12-11-25(22-38-31)24-13-15-37(16-14-24)17-19-45(20-18-37)29-10-6-9-28-32(29)44(3)36(48)40-28/h6,9-13,21-23,27H,4-5,7-8,14-20H2,1-3H3,(H,40,48)(H,38,39,41,42). The Labute approximate surface area is 279 Å². The van der Waals surface area contributed by atoms with Crippen LogP contribution in [0, 0.1) is 5.41 Å². The number of fused-ring (bicyclic) bond motifs is 2. The molecule has 11 nitrogen and oxygen atoms in total. The van der Waals surface area contributed by atoms with Crippen molar-refractivity contribution in [2.75, 3.05) is 37.4 Å². The first-order chi connectivity index (χ1) is 23.3. The molecule has 0 radical (unpaired) electrons. The summed E-state index contributed by atoms with van der Waals surface area (Å²) in [5.41, 5.74) is 7.28. The fourth-order valence-corrected chi connectivity index (χ4v) is 8.19. The van der Waals surface area contributed by atoms with E-state index in [1.54, 1.807) is 29.8 Å². The second-order valence-corrected chi connectivity index (χ2v) is 14.2. The Morgan fingerprint density at radius 1 is 1.04 bits per heavy atom. The summed E-state index contributed by atoms with van der Waals surface area (Å²) in [6.45, 7) is 1.99. The molecular formula is C37H43N9O2. The van der Waals surface area contributed by atoms with Crippen LogP contribution in [0.3, 0.4) is 0 Å². The number of nitrogens with zero attached hydrogens (tertiary/aromatic N) is 7. The summed E-state index contributed by atoms with van der Waals surface area (Å²) < 4.78 is 3.86. The Balaban J connectivity index is 0.944. The maximum absolute atomic E-state index is 13.0. The molecule has 1 amide bonds. The average molecular weight is 646 g/mol. The number of anilines is 3. The van der Waals surface area contributed by atoms with E-state index >= 15 is 0 Å². The number of nitrogens with one attached hydrogen (secondary N) is 2. The summed E-state index contributed by atoms with van der Waals surface area (Å²) >= 11 is 0. The molecule has 5 aromatic rings. The Hall–Kier alpha value is -4.93. The fraction of sp³-hybridized carbons (Fsp3) is 0.432. The number of piperidine rings is 1. The molecule has 11 heteroatoms. The van der Waals surface area contributed by atoms with E-state index in [0.717, 1.165) is 97.8 Å². The molecule has 0 unspecified atom stereocenters. The number of aromatic nitrogens is 6. The SMILES string of the molecule is CN(C)C(=O)c1cc2cnc(Nc3ccc(C4=CCC5(CC4)CCN(c4cccc6[nH]c(=O)n(C)c46)CC5)cn3)nc2n1C1CCCC1. The Bertz CT molecular complexity index is 2090. The minimum atomic E-state index is -0.0674. The van der Waals surface area contributed by atoms with Gasteiger partial charge in [0, 0.05) is 58.1 Å². The van der Waals surface area contributed by atoms with E-state index in [4.69, 9.17) is 9.97 Å². The lowest BCUT2D eigenvalue weighted by molar-refractivity contribution is 0.0815. The molecule has 1 aromatic carbocycles. The van der Waals surface area contributed by atoms with E-state index < -0.39 is 0 Å². The molecule has 1 saturated carbocycles. The zero-order valence-corrected chi connectivity index (χ0v) is 28.0. The third-order valence-electron chi connectivity index (χ3n) is 11.0. The highest BCUT2D eigenvalue weighted by molar-refractivity contribution is 5.98. The lowest BCUT2D eigenvalue weighted by atomic mass is 9.68. The molecule has 48 heavy (non-hydrogen) atoms. The quantitative estimate of drug-likeness (QED) is 0.219. The summed E-state index contributed by atoms with van der Waals surface area (Å²) in [4.78, 5) is 46.5. The highest BCUT2D eigenvalue weighted by Crippen LogP contribution is 2.47. The minimum Gasteiger partial charge on any atom is -0.370 e. The largest absolute Gasteiger partial charge is 0.370 e. The second kappa shape index (κ2) is 11.9. The number of H-pyrrole nitrogens is 1. The maximum Gasteiger partial charge on any atom is 0.326 e. The van der Waals surface area contributed by atoms with Crippen LogP contribution in [-0.4, -0.2) is 67.1 Å². The van der Waals surface area contributed by atoms with Gasteiger partial charge in [-0.05, 0) is 91.8 Å². The molecule has 1 spiro atoms. The van der Waals surface area contributed by atoms with Crippen molar-refractivity contribution in [3.8, 4) is 0 Å². The van der Waals surface area contributed by atoms with Gasteiger partial charge in [0.1, 0.15) is 17.2 Å². The third kappa shape index (κ3) is 5.35. The van der Waals surface area contributed by atoms with Gasteiger partial charge < -0.3 is 24.7 Å². The van der Waals surface area contributed by atoms with Crippen molar-refractivity contribution in [3.63, 3.8) is 0 Å². The number of amides is 1. The van der Waals surface area contributed by atoms with Gasteiger partial charge in [-0.1, -0.05) is 25.0 Å². The monoisotopic (exact) mass is 645 g/mol. The number of para-hydroxylation sites is 1. The zero-order chi connectivity index (χ0) is 33.0. The lowest BCUT2D eigenvalue weighted by Crippen LogP contribution is -2.41. The smallest absolute Gasteiger partial charge is 0.326 e. The Morgan fingerprint density at radius 3 is 2.56 bits per heavy atom. The summed E-state index contributed by atoms with van der Waals surface area (Å²) in [6, 6.07) is 12.5. The van der Waals surface area contributed by atoms with E-state index in [0.29, 0.717) is 22.9 Å². The van der Waals surface area contributed by atoms with Crippen LogP contribution >= 0.6 is 0 Å². The average Bonchev–Trinajstić information content (AvgIpc) is 3.83. The number of carbonyl (C=O) groups is 1. The number of pyridine rings is 1. The molecule has 0 bridgehead atoms. The second-order valence-electron chi connectivity index (χ2n) is 14.2. The molecule has 4 aromatic heterocycles. The van der Waals surface area contributed by atoms with Gasteiger partial charge in [-0.3, -0.25) is 9.36 Å². The van der Waals surface area contributed by atoms with E-state index in [-0.39, 0.29) is 17.6 Å². The van der Waals surface area contributed by atoms with Crippen molar-refractivity contribution < 1.29 is 4.79 Å².